The molecule has 2 aromatic rings. The Morgan fingerprint density at radius 2 is 1.89 bits per heavy atom. The summed E-state index contributed by atoms with van der Waals surface area (Å²) in [4.78, 5) is 0. The molecule has 1 unspecified atom stereocenters. The first-order chi connectivity index (χ1) is 13.5. The lowest BCUT2D eigenvalue weighted by Crippen LogP contribution is -2.45. The van der Waals surface area contributed by atoms with Gasteiger partial charge in [-0.25, -0.2) is 0 Å². The molecule has 28 heavy (non-hydrogen) atoms. The molecule has 1 aliphatic heterocycles. The highest BCUT2D eigenvalue weighted by atomic mass is 16.5. The molecule has 1 heterocycles. The van der Waals surface area contributed by atoms with E-state index in [1.807, 2.05) is 6.07 Å². The van der Waals surface area contributed by atoms with Crippen molar-refractivity contribution in [3.63, 3.8) is 0 Å². The second kappa shape index (κ2) is 7.66. The van der Waals surface area contributed by atoms with Crippen molar-refractivity contribution < 1.29 is 9.84 Å². The summed E-state index contributed by atoms with van der Waals surface area (Å²) in [6, 6.07) is 14.8. The third-order valence-electron chi connectivity index (χ3n) is 6.57. The minimum atomic E-state index is -0.231. The summed E-state index contributed by atoms with van der Waals surface area (Å²) in [5.41, 5.74) is 4.66. The third-order valence-corrected chi connectivity index (χ3v) is 6.57. The number of rotatable bonds is 5. The molecule has 1 aliphatic carbocycles. The molecule has 0 saturated heterocycles. The largest absolute Gasteiger partial charge is 0.508 e. The van der Waals surface area contributed by atoms with Crippen molar-refractivity contribution in [1.29, 1.82) is 0 Å². The van der Waals surface area contributed by atoms with Gasteiger partial charge in [0.1, 0.15) is 17.1 Å². The first-order valence-corrected chi connectivity index (χ1v) is 10.8. The molecule has 1 N–H and O–H groups in total. The Balaban J connectivity index is 1.69. The third kappa shape index (κ3) is 3.57. The lowest BCUT2D eigenvalue weighted by Gasteiger charge is -2.47. The van der Waals surface area contributed by atoms with Gasteiger partial charge in [0.05, 0.1) is 0 Å². The summed E-state index contributed by atoms with van der Waals surface area (Å²) in [5.74, 6) is 1.99. The number of ether oxygens (including phenoxy) is 1. The van der Waals surface area contributed by atoms with Crippen molar-refractivity contribution in [2.45, 2.75) is 70.8 Å². The molecule has 0 bridgehead atoms. The molecule has 0 fully saturated rings. The number of benzene rings is 2. The number of hydrogen-bond acceptors (Lipinski definition) is 2. The molecule has 0 saturated carbocycles. The minimum absolute atomic E-state index is 0.231. The summed E-state index contributed by atoms with van der Waals surface area (Å²) >= 11 is 0. The Kier molecular flexibility index (Phi) is 5.23. The van der Waals surface area contributed by atoms with Gasteiger partial charge >= 0.3 is 0 Å². The van der Waals surface area contributed by atoms with Crippen LogP contribution in [0.1, 0.15) is 75.5 Å². The van der Waals surface area contributed by atoms with Crippen LogP contribution >= 0.6 is 0 Å². The van der Waals surface area contributed by atoms with Crippen LogP contribution in [0.4, 0.5) is 0 Å². The highest BCUT2D eigenvalue weighted by Gasteiger charge is 2.46. The van der Waals surface area contributed by atoms with Crippen molar-refractivity contribution in [3.8, 4) is 11.5 Å². The molecular weight excluding hydrogens is 344 g/mol. The highest BCUT2D eigenvalue weighted by molar-refractivity contribution is 5.68. The molecule has 0 radical (unpaired) electrons. The maximum Gasteiger partial charge on any atom is 0.127 e. The zero-order valence-electron chi connectivity index (χ0n) is 17.4. The quantitative estimate of drug-likeness (QED) is 0.577. The number of aryl methyl sites for hydroxylation is 1. The van der Waals surface area contributed by atoms with E-state index >= 15 is 0 Å². The highest BCUT2D eigenvalue weighted by Crippen LogP contribution is 2.55. The van der Waals surface area contributed by atoms with Crippen molar-refractivity contribution in [2.24, 2.45) is 5.92 Å². The van der Waals surface area contributed by atoms with Crippen LogP contribution in [0.15, 0.2) is 48.5 Å². The molecule has 148 valence electrons. The normalized spacial score (nSPS) is 22.6. The zero-order valence-corrected chi connectivity index (χ0v) is 17.4. The summed E-state index contributed by atoms with van der Waals surface area (Å²) in [6.07, 6.45) is 8.91. The Bertz CT molecular complexity index is 864. The Morgan fingerprint density at radius 3 is 2.64 bits per heavy atom. The molecule has 0 spiro atoms. The van der Waals surface area contributed by atoms with Gasteiger partial charge in [0.2, 0.25) is 0 Å². The van der Waals surface area contributed by atoms with Crippen LogP contribution in [-0.4, -0.2) is 10.7 Å². The standard InChI is InChI=1S/C26H32O2/c1-4-5-7-10-18-15-23(27)25-21-17-20(19-11-8-6-9-12-19)13-14-22(21)26(2,3)28-24(25)16-18/h6,8-9,11-13,15-16,21-22,27H,4-5,7,10,14,17H2,1-3H3/t21?,22-/m1/s1. The van der Waals surface area contributed by atoms with E-state index in [9.17, 15) is 5.11 Å². The Morgan fingerprint density at radius 1 is 1.11 bits per heavy atom. The summed E-state index contributed by atoms with van der Waals surface area (Å²) in [6.45, 7) is 6.63. The Hall–Kier alpha value is -2.22. The van der Waals surface area contributed by atoms with Crippen LogP contribution in [0.2, 0.25) is 0 Å². The number of allylic oxidation sites excluding steroid dienone is 2. The second-order valence-corrected chi connectivity index (χ2v) is 8.94. The molecule has 0 aromatic heterocycles. The van der Waals surface area contributed by atoms with Gasteiger partial charge in [0, 0.05) is 17.4 Å². The monoisotopic (exact) mass is 376 g/mol. The molecule has 2 heteroatoms. The number of fused-ring (bicyclic) bond motifs is 3. The topological polar surface area (TPSA) is 29.5 Å². The smallest absolute Gasteiger partial charge is 0.127 e. The van der Waals surface area contributed by atoms with Crippen molar-refractivity contribution in [2.75, 3.05) is 0 Å². The van der Waals surface area contributed by atoms with Crippen LogP contribution < -0.4 is 4.74 Å². The van der Waals surface area contributed by atoms with Gasteiger partial charge in [-0.15, -0.1) is 0 Å². The number of aromatic hydroxyl groups is 1. The molecule has 2 aromatic carbocycles. The maximum absolute atomic E-state index is 11.0. The predicted octanol–water partition coefficient (Wildman–Crippen LogP) is 6.87. The fraction of sp³-hybridized carbons (Fsp3) is 0.462. The van der Waals surface area contributed by atoms with Crippen LogP contribution in [0.3, 0.4) is 0 Å². The van der Waals surface area contributed by atoms with Gasteiger partial charge in [0.15, 0.2) is 0 Å². The van der Waals surface area contributed by atoms with Crippen LogP contribution in [0, 0.1) is 5.92 Å². The van der Waals surface area contributed by atoms with Gasteiger partial charge in [0.25, 0.3) is 0 Å². The summed E-state index contributed by atoms with van der Waals surface area (Å²) in [5, 5.41) is 11.0. The van der Waals surface area contributed by atoms with Gasteiger partial charge in [-0.1, -0.05) is 56.2 Å². The molecular formula is C26H32O2. The Labute approximate surface area is 169 Å². The van der Waals surface area contributed by atoms with E-state index in [0.717, 1.165) is 37.0 Å². The number of phenols is 1. The van der Waals surface area contributed by atoms with Gasteiger partial charge < -0.3 is 9.84 Å². The number of phenolic OH excluding ortho intramolecular Hbond substituents is 1. The minimum Gasteiger partial charge on any atom is -0.508 e. The van der Waals surface area contributed by atoms with Crippen molar-refractivity contribution in [1.82, 2.24) is 0 Å². The van der Waals surface area contributed by atoms with E-state index in [1.165, 1.54) is 29.5 Å². The number of hydrogen-bond donors (Lipinski definition) is 1. The fourth-order valence-electron chi connectivity index (χ4n) is 5.06. The van der Waals surface area contributed by atoms with Crippen LogP contribution in [0.5, 0.6) is 11.5 Å². The first kappa shape index (κ1) is 19.1. The summed E-state index contributed by atoms with van der Waals surface area (Å²) in [7, 11) is 0. The van der Waals surface area contributed by atoms with Crippen molar-refractivity contribution in [3.05, 3.63) is 65.2 Å². The lowest BCUT2D eigenvalue weighted by atomic mass is 9.66. The molecule has 4 rings (SSSR count). The van der Waals surface area contributed by atoms with Gasteiger partial charge in [-0.2, -0.15) is 0 Å². The second-order valence-electron chi connectivity index (χ2n) is 8.94. The fourth-order valence-corrected chi connectivity index (χ4v) is 5.06. The zero-order chi connectivity index (χ0) is 19.7. The van der Waals surface area contributed by atoms with E-state index in [1.54, 1.807) is 0 Å². The van der Waals surface area contributed by atoms with E-state index in [-0.39, 0.29) is 5.60 Å². The van der Waals surface area contributed by atoms with Crippen molar-refractivity contribution >= 4 is 5.57 Å². The van der Waals surface area contributed by atoms with E-state index < -0.39 is 0 Å². The van der Waals surface area contributed by atoms with E-state index in [4.69, 9.17) is 4.74 Å². The van der Waals surface area contributed by atoms with Crippen LogP contribution in [0.25, 0.3) is 5.57 Å². The van der Waals surface area contributed by atoms with Gasteiger partial charge in [-0.3, -0.25) is 0 Å². The van der Waals surface area contributed by atoms with E-state index in [2.05, 4.69) is 63.2 Å². The molecule has 2 nitrogen and oxygen atoms in total. The average Bonchev–Trinajstić information content (AvgIpc) is 2.68. The average molecular weight is 377 g/mol. The van der Waals surface area contributed by atoms with E-state index in [0.29, 0.717) is 17.6 Å². The molecule has 0 amide bonds. The maximum atomic E-state index is 11.0. The SMILES string of the molecule is CCCCCc1cc(O)c2c(c1)OC(C)(C)[C@@H]1CC=C(c3ccccc3)CC21. The first-order valence-electron chi connectivity index (χ1n) is 10.8. The van der Waals surface area contributed by atoms with Gasteiger partial charge in [-0.05, 0) is 68.4 Å². The number of unbranched alkanes of at least 4 members (excludes halogenated alkanes) is 2. The molecule has 2 atom stereocenters. The van der Waals surface area contributed by atoms with Crippen LogP contribution in [-0.2, 0) is 6.42 Å². The predicted molar refractivity (Wildman–Crippen MR) is 116 cm³/mol. The molecule has 2 aliphatic rings. The summed E-state index contributed by atoms with van der Waals surface area (Å²) < 4.78 is 6.47. The lowest BCUT2D eigenvalue weighted by molar-refractivity contribution is 0.00922.